The van der Waals surface area contributed by atoms with E-state index in [4.69, 9.17) is 5.26 Å². The molecule has 11 heavy (non-hydrogen) atoms. The lowest BCUT2D eigenvalue weighted by Crippen LogP contribution is -2.17. The van der Waals surface area contributed by atoms with Gasteiger partial charge >= 0.3 is 0 Å². The Bertz CT molecular complexity index is 243. The number of nitriles is 1. The molecule has 0 amide bonds. The fraction of sp³-hybridized carbons (Fsp3) is 0.375. The maximum absolute atomic E-state index is 8.76. The number of nitrogens with zero attached hydrogens (tertiary/aromatic N) is 2. The first-order valence-corrected chi connectivity index (χ1v) is 3.44. The SMILES string of the molecule is CN(C)[C@@H](C#N)c1cc[nH]c1. The Labute approximate surface area is 66.3 Å². The third kappa shape index (κ3) is 1.60. The lowest BCUT2D eigenvalue weighted by Gasteiger charge is -2.14. The summed E-state index contributed by atoms with van der Waals surface area (Å²) in [5.41, 5.74) is 1.01. The van der Waals surface area contributed by atoms with E-state index in [0.717, 1.165) is 5.56 Å². The van der Waals surface area contributed by atoms with Crippen LogP contribution in [0.4, 0.5) is 0 Å². The number of hydrogen-bond acceptors (Lipinski definition) is 2. The van der Waals surface area contributed by atoms with E-state index in [9.17, 15) is 0 Å². The van der Waals surface area contributed by atoms with Gasteiger partial charge in [0.15, 0.2) is 0 Å². The van der Waals surface area contributed by atoms with Gasteiger partial charge in [-0.2, -0.15) is 5.26 Å². The summed E-state index contributed by atoms with van der Waals surface area (Å²) in [4.78, 5) is 4.80. The predicted octanol–water partition coefficient (Wildman–Crippen LogP) is 1.14. The van der Waals surface area contributed by atoms with Crippen LogP contribution in [0.1, 0.15) is 11.6 Å². The number of aromatic amines is 1. The summed E-state index contributed by atoms with van der Waals surface area (Å²) in [5.74, 6) is 0. The van der Waals surface area contributed by atoms with Crippen molar-refractivity contribution in [2.45, 2.75) is 6.04 Å². The first-order chi connectivity index (χ1) is 5.25. The molecule has 3 heteroatoms. The topological polar surface area (TPSA) is 42.8 Å². The predicted molar refractivity (Wildman–Crippen MR) is 42.8 cm³/mol. The third-order valence-electron chi connectivity index (χ3n) is 1.58. The van der Waals surface area contributed by atoms with Crippen molar-refractivity contribution >= 4 is 0 Å². The van der Waals surface area contributed by atoms with Gasteiger partial charge < -0.3 is 4.98 Å². The molecule has 0 bridgehead atoms. The molecule has 0 fully saturated rings. The highest BCUT2D eigenvalue weighted by atomic mass is 15.1. The van der Waals surface area contributed by atoms with Gasteiger partial charge in [-0.15, -0.1) is 0 Å². The van der Waals surface area contributed by atoms with Crippen LogP contribution in [0.2, 0.25) is 0 Å². The number of nitrogens with one attached hydrogen (secondary N) is 1. The van der Waals surface area contributed by atoms with Gasteiger partial charge in [-0.1, -0.05) is 0 Å². The molecule has 1 aromatic rings. The Kier molecular flexibility index (Phi) is 2.29. The zero-order valence-electron chi connectivity index (χ0n) is 6.70. The lowest BCUT2D eigenvalue weighted by molar-refractivity contribution is 0.358. The molecule has 0 aliphatic heterocycles. The molecule has 58 valence electrons. The second kappa shape index (κ2) is 3.22. The molecule has 1 heterocycles. The van der Waals surface area contributed by atoms with Crippen LogP contribution >= 0.6 is 0 Å². The van der Waals surface area contributed by atoms with Gasteiger partial charge in [0, 0.05) is 18.0 Å². The quantitative estimate of drug-likeness (QED) is 0.685. The van der Waals surface area contributed by atoms with Crippen molar-refractivity contribution in [1.29, 1.82) is 5.26 Å². The van der Waals surface area contributed by atoms with Gasteiger partial charge in [0.2, 0.25) is 0 Å². The minimum absolute atomic E-state index is 0.138. The van der Waals surface area contributed by atoms with Crippen LogP contribution in [-0.4, -0.2) is 24.0 Å². The average molecular weight is 149 g/mol. The normalized spacial score (nSPS) is 12.9. The third-order valence-corrected chi connectivity index (χ3v) is 1.58. The molecule has 0 aromatic carbocycles. The summed E-state index contributed by atoms with van der Waals surface area (Å²) in [5, 5.41) is 8.76. The van der Waals surface area contributed by atoms with Gasteiger partial charge in [0.05, 0.1) is 6.07 Å². The van der Waals surface area contributed by atoms with Crippen molar-refractivity contribution in [1.82, 2.24) is 9.88 Å². The summed E-state index contributed by atoms with van der Waals surface area (Å²) in [6.45, 7) is 0. The summed E-state index contributed by atoms with van der Waals surface area (Å²) < 4.78 is 0. The second-order valence-corrected chi connectivity index (χ2v) is 2.64. The Morgan fingerprint density at radius 1 is 1.64 bits per heavy atom. The second-order valence-electron chi connectivity index (χ2n) is 2.64. The zero-order chi connectivity index (χ0) is 8.27. The maximum Gasteiger partial charge on any atom is 0.124 e. The van der Waals surface area contributed by atoms with Crippen LogP contribution in [0.3, 0.4) is 0 Å². The van der Waals surface area contributed by atoms with Gasteiger partial charge in [-0.3, -0.25) is 4.90 Å². The Hall–Kier alpha value is -1.27. The van der Waals surface area contributed by atoms with E-state index < -0.39 is 0 Å². The van der Waals surface area contributed by atoms with Gasteiger partial charge in [0.25, 0.3) is 0 Å². The molecule has 1 rings (SSSR count). The van der Waals surface area contributed by atoms with E-state index in [-0.39, 0.29) is 6.04 Å². The van der Waals surface area contributed by atoms with Crippen molar-refractivity contribution < 1.29 is 0 Å². The fourth-order valence-corrected chi connectivity index (χ4v) is 0.995. The van der Waals surface area contributed by atoms with Crippen molar-refractivity contribution in [3.63, 3.8) is 0 Å². The fourth-order valence-electron chi connectivity index (χ4n) is 0.995. The highest BCUT2D eigenvalue weighted by Gasteiger charge is 2.11. The first-order valence-electron chi connectivity index (χ1n) is 3.44. The van der Waals surface area contributed by atoms with Crippen molar-refractivity contribution in [3.8, 4) is 6.07 Å². The molecule has 0 radical (unpaired) electrons. The lowest BCUT2D eigenvalue weighted by atomic mass is 10.1. The number of aromatic nitrogens is 1. The van der Waals surface area contributed by atoms with Crippen molar-refractivity contribution in [3.05, 3.63) is 24.0 Å². The zero-order valence-corrected chi connectivity index (χ0v) is 6.70. The molecule has 0 spiro atoms. The minimum atomic E-state index is -0.138. The monoisotopic (exact) mass is 149 g/mol. The molecular formula is C8H11N3. The number of H-pyrrole nitrogens is 1. The van der Waals surface area contributed by atoms with Crippen LogP contribution in [0.15, 0.2) is 18.5 Å². The summed E-state index contributed by atoms with van der Waals surface area (Å²) in [6, 6.07) is 3.98. The standard InChI is InChI=1S/C8H11N3/c1-11(2)8(5-9)7-3-4-10-6-7/h3-4,6,8,10H,1-2H3/t8-/m0/s1. The number of hydrogen-bond donors (Lipinski definition) is 1. The Balaban J connectivity index is 2.82. The summed E-state index contributed by atoms with van der Waals surface area (Å²) in [7, 11) is 3.78. The van der Waals surface area contributed by atoms with E-state index in [2.05, 4.69) is 11.1 Å². The molecule has 3 nitrogen and oxygen atoms in total. The molecule has 0 aliphatic carbocycles. The molecule has 1 atom stereocenters. The van der Waals surface area contributed by atoms with Crippen molar-refractivity contribution in [2.75, 3.05) is 14.1 Å². The smallest absolute Gasteiger partial charge is 0.124 e. The number of rotatable bonds is 2. The highest BCUT2D eigenvalue weighted by molar-refractivity contribution is 5.19. The molecule has 1 aromatic heterocycles. The molecular weight excluding hydrogens is 138 g/mol. The Morgan fingerprint density at radius 3 is 2.73 bits per heavy atom. The van der Waals surface area contributed by atoms with E-state index >= 15 is 0 Å². The molecule has 0 unspecified atom stereocenters. The van der Waals surface area contributed by atoms with E-state index in [1.807, 2.05) is 37.5 Å². The van der Waals surface area contributed by atoms with Crippen LogP contribution in [0, 0.1) is 11.3 Å². The average Bonchev–Trinajstić information content (AvgIpc) is 2.40. The van der Waals surface area contributed by atoms with Gasteiger partial charge in [0.1, 0.15) is 6.04 Å². The van der Waals surface area contributed by atoms with Gasteiger partial charge in [-0.05, 0) is 20.2 Å². The molecule has 0 aliphatic rings. The first kappa shape index (κ1) is 7.83. The van der Waals surface area contributed by atoms with E-state index in [0.29, 0.717) is 0 Å². The van der Waals surface area contributed by atoms with Crippen LogP contribution < -0.4 is 0 Å². The van der Waals surface area contributed by atoms with Crippen LogP contribution in [-0.2, 0) is 0 Å². The molecule has 1 N–H and O–H groups in total. The van der Waals surface area contributed by atoms with Gasteiger partial charge in [-0.25, -0.2) is 0 Å². The maximum atomic E-state index is 8.76. The van der Waals surface area contributed by atoms with Crippen molar-refractivity contribution in [2.24, 2.45) is 0 Å². The summed E-state index contributed by atoms with van der Waals surface area (Å²) >= 11 is 0. The minimum Gasteiger partial charge on any atom is -0.367 e. The molecule has 0 saturated carbocycles. The highest BCUT2D eigenvalue weighted by Crippen LogP contribution is 2.15. The van der Waals surface area contributed by atoms with E-state index in [1.165, 1.54) is 0 Å². The van der Waals surface area contributed by atoms with E-state index in [1.54, 1.807) is 0 Å². The van der Waals surface area contributed by atoms with Crippen LogP contribution in [0.25, 0.3) is 0 Å². The largest absolute Gasteiger partial charge is 0.367 e. The van der Waals surface area contributed by atoms with Crippen LogP contribution in [0.5, 0.6) is 0 Å². The molecule has 0 saturated heterocycles. The summed E-state index contributed by atoms with van der Waals surface area (Å²) in [6.07, 6.45) is 3.66. The Morgan fingerprint density at radius 2 is 2.36 bits per heavy atom.